The predicted octanol–water partition coefficient (Wildman–Crippen LogP) is 5.14. The molecule has 13 heteroatoms. The van der Waals surface area contributed by atoms with Crippen molar-refractivity contribution in [2.24, 2.45) is 0 Å². The van der Waals surface area contributed by atoms with Crippen LogP contribution in [0, 0.1) is 0 Å². The smallest absolute Gasteiger partial charge is 0.387 e. The zero-order valence-electron chi connectivity index (χ0n) is 25.2. The normalized spacial score (nSPS) is 20.1. The van der Waals surface area contributed by atoms with Crippen LogP contribution in [0.2, 0.25) is 0 Å². The van der Waals surface area contributed by atoms with Crippen LogP contribution in [0.1, 0.15) is 80.5 Å². The molecule has 1 unspecified atom stereocenters. The number of nitrogens with zero attached hydrogens (tertiary/aromatic N) is 3. The minimum Gasteiger partial charge on any atom is -0.487 e. The second kappa shape index (κ2) is 13.8. The molecule has 9 nitrogen and oxygen atoms in total. The summed E-state index contributed by atoms with van der Waals surface area (Å²) in [4.78, 5) is 46.1. The van der Waals surface area contributed by atoms with Crippen LogP contribution in [0.25, 0.3) is 0 Å². The van der Waals surface area contributed by atoms with Gasteiger partial charge in [0.2, 0.25) is 17.7 Å². The van der Waals surface area contributed by atoms with E-state index in [4.69, 9.17) is 4.74 Å². The first kappa shape index (κ1) is 33.0. The van der Waals surface area contributed by atoms with E-state index in [0.717, 1.165) is 0 Å². The van der Waals surface area contributed by atoms with E-state index in [1.807, 2.05) is 0 Å². The van der Waals surface area contributed by atoms with Gasteiger partial charge in [-0.1, -0.05) is 12.1 Å². The largest absolute Gasteiger partial charge is 0.487 e. The quantitative estimate of drug-likeness (QED) is 0.369. The summed E-state index contributed by atoms with van der Waals surface area (Å²) in [5, 5.41) is 2.80. The van der Waals surface area contributed by atoms with Crippen molar-refractivity contribution in [2.75, 3.05) is 13.6 Å². The number of nitrogens with one attached hydrogen (secondary N) is 1. The Morgan fingerprint density at radius 3 is 2.43 bits per heavy atom. The molecule has 1 aromatic carbocycles. The Labute approximate surface area is 253 Å². The SMILES string of the molecule is CC(=O)N1CC(c2ccc(OC(F)F)c(OC(C)C)c2)C[C@@H]1C(=O)NCc1cccc(C(=O)N(C)C2CCC(F)(F)CC2)n1. The Morgan fingerprint density at radius 1 is 1.09 bits per heavy atom. The summed E-state index contributed by atoms with van der Waals surface area (Å²) in [6.07, 6.45) is -0.124. The van der Waals surface area contributed by atoms with Crippen molar-refractivity contribution in [1.82, 2.24) is 20.1 Å². The number of hydrogen-bond donors (Lipinski definition) is 1. The van der Waals surface area contributed by atoms with Gasteiger partial charge in [-0.3, -0.25) is 14.4 Å². The number of rotatable bonds is 10. The lowest BCUT2D eigenvalue weighted by Gasteiger charge is -2.34. The van der Waals surface area contributed by atoms with E-state index in [-0.39, 0.29) is 85.8 Å². The van der Waals surface area contributed by atoms with E-state index in [0.29, 0.717) is 17.7 Å². The Bertz CT molecular complexity index is 1350. The highest BCUT2D eigenvalue weighted by molar-refractivity contribution is 5.92. The third kappa shape index (κ3) is 8.17. The molecule has 4 rings (SSSR count). The summed E-state index contributed by atoms with van der Waals surface area (Å²) >= 11 is 0. The molecule has 2 fully saturated rings. The van der Waals surface area contributed by atoms with Gasteiger partial charge in [-0.25, -0.2) is 13.8 Å². The molecule has 2 atom stereocenters. The third-order valence-electron chi connectivity index (χ3n) is 8.05. The van der Waals surface area contributed by atoms with Crippen molar-refractivity contribution in [3.63, 3.8) is 0 Å². The number of pyridine rings is 1. The van der Waals surface area contributed by atoms with Crippen LogP contribution < -0.4 is 14.8 Å². The zero-order chi connectivity index (χ0) is 32.2. The Balaban J connectivity index is 1.41. The van der Waals surface area contributed by atoms with Crippen molar-refractivity contribution in [1.29, 1.82) is 0 Å². The molecule has 1 N–H and O–H groups in total. The molecule has 0 spiro atoms. The molecule has 0 bridgehead atoms. The van der Waals surface area contributed by atoms with Gasteiger partial charge in [-0.2, -0.15) is 8.78 Å². The minimum atomic E-state index is -3.02. The molecule has 0 radical (unpaired) electrons. The van der Waals surface area contributed by atoms with Gasteiger partial charge in [0.05, 0.1) is 18.3 Å². The molecule has 1 aliphatic carbocycles. The molecule has 1 saturated heterocycles. The number of hydrogen-bond acceptors (Lipinski definition) is 6. The van der Waals surface area contributed by atoms with E-state index in [9.17, 15) is 31.9 Å². The highest BCUT2D eigenvalue weighted by Crippen LogP contribution is 2.38. The molecule has 1 saturated carbocycles. The molecule has 1 aliphatic heterocycles. The maximum Gasteiger partial charge on any atom is 0.387 e. The van der Waals surface area contributed by atoms with Crippen LogP contribution in [0.5, 0.6) is 11.5 Å². The first-order valence-corrected chi connectivity index (χ1v) is 14.7. The first-order chi connectivity index (χ1) is 20.7. The Morgan fingerprint density at radius 2 is 1.80 bits per heavy atom. The van der Waals surface area contributed by atoms with Crippen molar-refractivity contribution >= 4 is 17.7 Å². The van der Waals surface area contributed by atoms with E-state index in [1.54, 1.807) is 45.2 Å². The van der Waals surface area contributed by atoms with Gasteiger partial charge >= 0.3 is 6.61 Å². The van der Waals surface area contributed by atoms with Gasteiger partial charge in [-0.15, -0.1) is 0 Å². The average Bonchev–Trinajstić information content (AvgIpc) is 3.42. The number of likely N-dealkylation sites (tertiary alicyclic amines) is 1. The van der Waals surface area contributed by atoms with Crippen molar-refractivity contribution < 1.29 is 41.4 Å². The van der Waals surface area contributed by atoms with E-state index < -0.39 is 24.5 Å². The van der Waals surface area contributed by atoms with Gasteiger partial charge in [-0.05, 0) is 62.9 Å². The van der Waals surface area contributed by atoms with Crippen LogP contribution in [-0.2, 0) is 16.1 Å². The van der Waals surface area contributed by atoms with Gasteiger partial charge in [0.25, 0.3) is 5.91 Å². The fourth-order valence-electron chi connectivity index (χ4n) is 5.74. The summed E-state index contributed by atoms with van der Waals surface area (Å²) in [7, 11) is 1.58. The first-order valence-electron chi connectivity index (χ1n) is 14.7. The Hall–Kier alpha value is -3.90. The molecular formula is C31H38F4N4O5. The topological polar surface area (TPSA) is 101 Å². The highest BCUT2D eigenvalue weighted by atomic mass is 19.3. The van der Waals surface area contributed by atoms with E-state index >= 15 is 0 Å². The summed E-state index contributed by atoms with van der Waals surface area (Å²) < 4.78 is 63.2. The lowest BCUT2D eigenvalue weighted by molar-refractivity contribution is -0.136. The average molecular weight is 623 g/mol. The molecule has 3 amide bonds. The van der Waals surface area contributed by atoms with Gasteiger partial charge in [0, 0.05) is 45.3 Å². The van der Waals surface area contributed by atoms with Crippen LogP contribution in [0.15, 0.2) is 36.4 Å². The molecule has 2 aromatic rings. The standard InChI is InChI=1S/C31H38F4N4O5/c1-18(2)43-27-15-20(8-9-26(27)44-30(32)33)21-14-25(39(17-21)19(3)40)28(41)36-16-22-6-5-7-24(37-22)29(42)38(4)23-10-12-31(34,35)13-11-23/h5-9,15,18,21,23,25,30H,10-14,16-17H2,1-4H3,(H,36,41)/t21?,25-/m1/s1. The van der Waals surface area contributed by atoms with E-state index in [1.165, 1.54) is 28.9 Å². The number of amides is 3. The molecular weight excluding hydrogens is 584 g/mol. The van der Waals surface area contributed by atoms with Crippen LogP contribution in [0.3, 0.4) is 0 Å². The predicted molar refractivity (Wildman–Crippen MR) is 153 cm³/mol. The maximum atomic E-state index is 13.6. The highest BCUT2D eigenvalue weighted by Gasteiger charge is 2.40. The number of carbonyl (C=O) groups is 3. The lowest BCUT2D eigenvalue weighted by atomic mass is 9.91. The number of carbonyl (C=O) groups excluding carboxylic acids is 3. The van der Waals surface area contributed by atoms with Crippen LogP contribution in [0.4, 0.5) is 17.6 Å². The van der Waals surface area contributed by atoms with Crippen LogP contribution in [-0.4, -0.2) is 76.8 Å². The fraction of sp³-hybridized carbons (Fsp3) is 0.548. The lowest BCUT2D eigenvalue weighted by Crippen LogP contribution is -2.45. The monoisotopic (exact) mass is 622 g/mol. The molecule has 2 heterocycles. The van der Waals surface area contributed by atoms with Crippen molar-refractivity contribution in [2.45, 2.75) is 96.1 Å². The van der Waals surface area contributed by atoms with Crippen LogP contribution >= 0.6 is 0 Å². The number of ether oxygens (including phenoxy) is 2. The second-order valence-corrected chi connectivity index (χ2v) is 11.6. The summed E-state index contributed by atoms with van der Waals surface area (Å²) in [5.41, 5.74) is 1.27. The molecule has 44 heavy (non-hydrogen) atoms. The molecule has 2 aliphatic rings. The fourth-order valence-corrected chi connectivity index (χ4v) is 5.74. The van der Waals surface area contributed by atoms with E-state index in [2.05, 4.69) is 15.0 Å². The van der Waals surface area contributed by atoms with Gasteiger partial charge < -0.3 is 24.6 Å². The van der Waals surface area contributed by atoms with Crippen molar-refractivity contribution in [3.05, 3.63) is 53.3 Å². The van der Waals surface area contributed by atoms with Gasteiger partial charge in [0.1, 0.15) is 11.7 Å². The summed E-state index contributed by atoms with van der Waals surface area (Å²) in [6.45, 7) is 2.10. The third-order valence-corrected chi connectivity index (χ3v) is 8.05. The second-order valence-electron chi connectivity index (χ2n) is 11.6. The number of alkyl halides is 4. The Kier molecular flexibility index (Phi) is 10.4. The summed E-state index contributed by atoms with van der Waals surface area (Å²) in [6, 6.07) is 8.35. The number of halogens is 4. The summed E-state index contributed by atoms with van der Waals surface area (Å²) in [5.74, 6) is -4.01. The maximum absolute atomic E-state index is 13.6. The number of benzene rings is 1. The molecule has 240 valence electrons. The van der Waals surface area contributed by atoms with Gasteiger partial charge in [0.15, 0.2) is 11.5 Å². The molecule has 1 aromatic heterocycles. The zero-order valence-corrected chi connectivity index (χ0v) is 25.2. The minimum absolute atomic E-state index is 0.00172. The van der Waals surface area contributed by atoms with Crippen molar-refractivity contribution in [3.8, 4) is 11.5 Å². The number of aromatic nitrogens is 1.